The fourth-order valence-electron chi connectivity index (χ4n) is 0.927. The summed E-state index contributed by atoms with van der Waals surface area (Å²) in [5.41, 5.74) is 5.00. The Kier molecular flexibility index (Phi) is 5.84. The average molecular weight is 158 g/mol. The van der Waals surface area contributed by atoms with E-state index in [9.17, 15) is 4.79 Å². The molecule has 1 unspecified atom stereocenters. The Morgan fingerprint density at radius 2 is 2.18 bits per heavy atom. The van der Waals surface area contributed by atoms with Crippen molar-refractivity contribution in [2.45, 2.75) is 39.2 Å². The largest absolute Gasteiger partial charge is 0.368 e. The van der Waals surface area contributed by atoms with E-state index < -0.39 is 0 Å². The predicted octanol–water partition coefficient (Wildman–Crippen LogP) is 0.640. The molecule has 11 heavy (non-hydrogen) atoms. The zero-order valence-electron chi connectivity index (χ0n) is 7.39. The van der Waals surface area contributed by atoms with E-state index in [-0.39, 0.29) is 11.9 Å². The number of nitrogens with one attached hydrogen (secondary N) is 1. The van der Waals surface area contributed by atoms with Crippen molar-refractivity contribution in [1.82, 2.24) is 5.32 Å². The van der Waals surface area contributed by atoms with Crippen molar-refractivity contribution >= 4 is 5.91 Å². The van der Waals surface area contributed by atoms with Gasteiger partial charge in [0.15, 0.2) is 0 Å². The fraction of sp³-hybridized carbons (Fsp3) is 0.875. The summed E-state index contributed by atoms with van der Waals surface area (Å²) < 4.78 is 0. The lowest BCUT2D eigenvalue weighted by Gasteiger charge is -2.01. The number of nitrogens with two attached hydrogens (primary N) is 1. The quantitative estimate of drug-likeness (QED) is 0.588. The Balaban J connectivity index is 0.000000292. The molecular weight excluding hydrogens is 140 g/mol. The molecule has 0 aromatic heterocycles. The van der Waals surface area contributed by atoms with Crippen molar-refractivity contribution in [3.05, 3.63) is 0 Å². The summed E-state index contributed by atoms with van der Waals surface area (Å²) in [6.45, 7) is 5.19. The van der Waals surface area contributed by atoms with Crippen LogP contribution in [0.3, 0.4) is 0 Å². The number of rotatable bonds is 1. The first kappa shape index (κ1) is 10.4. The summed E-state index contributed by atoms with van der Waals surface area (Å²) in [6.07, 6.45) is 3.24. The number of primary amides is 1. The molecule has 3 N–H and O–H groups in total. The summed E-state index contributed by atoms with van der Waals surface area (Å²) in [4.78, 5) is 10.4. The first-order valence-electron chi connectivity index (χ1n) is 4.25. The van der Waals surface area contributed by atoms with Crippen LogP contribution in [-0.2, 0) is 4.79 Å². The van der Waals surface area contributed by atoms with Crippen LogP contribution in [0.1, 0.15) is 33.1 Å². The Hall–Kier alpha value is -0.570. The molecule has 0 bridgehead atoms. The topological polar surface area (TPSA) is 55.1 Å². The second kappa shape index (κ2) is 6.16. The number of carbonyl (C=O) groups excluding carboxylic acids is 1. The zero-order chi connectivity index (χ0) is 8.69. The van der Waals surface area contributed by atoms with E-state index in [1.807, 2.05) is 0 Å². The Morgan fingerprint density at radius 1 is 1.64 bits per heavy atom. The molecule has 1 heterocycles. The molecule has 66 valence electrons. The lowest BCUT2D eigenvalue weighted by atomic mass is 10.2. The number of hydrogen-bond donors (Lipinski definition) is 2. The van der Waals surface area contributed by atoms with Crippen LogP contribution in [0.15, 0.2) is 0 Å². The summed E-state index contributed by atoms with van der Waals surface area (Å²) >= 11 is 0. The highest BCUT2D eigenvalue weighted by atomic mass is 16.1. The maximum absolute atomic E-state index is 10.4. The van der Waals surface area contributed by atoms with Crippen molar-refractivity contribution in [3.63, 3.8) is 0 Å². The van der Waals surface area contributed by atoms with Gasteiger partial charge < -0.3 is 11.1 Å². The molecular formula is C8H18N2O. The Bertz CT molecular complexity index is 109. The SMILES string of the molecule is CCC.NC(=O)C1CCCN1. The van der Waals surface area contributed by atoms with E-state index in [2.05, 4.69) is 19.2 Å². The number of amides is 1. The van der Waals surface area contributed by atoms with E-state index in [1.165, 1.54) is 6.42 Å². The summed E-state index contributed by atoms with van der Waals surface area (Å²) in [5, 5.41) is 2.98. The fourth-order valence-corrected chi connectivity index (χ4v) is 0.927. The summed E-state index contributed by atoms with van der Waals surface area (Å²) in [6, 6.07) is -0.0463. The van der Waals surface area contributed by atoms with Gasteiger partial charge in [-0.2, -0.15) is 0 Å². The average Bonchev–Trinajstić information content (AvgIpc) is 2.38. The maximum Gasteiger partial charge on any atom is 0.234 e. The molecule has 3 heteroatoms. The van der Waals surface area contributed by atoms with Crippen LogP contribution in [0.4, 0.5) is 0 Å². The van der Waals surface area contributed by atoms with E-state index in [4.69, 9.17) is 5.73 Å². The van der Waals surface area contributed by atoms with E-state index in [0.717, 1.165) is 19.4 Å². The lowest BCUT2D eigenvalue weighted by Crippen LogP contribution is -2.36. The van der Waals surface area contributed by atoms with Crippen molar-refractivity contribution in [2.75, 3.05) is 6.54 Å². The molecule has 1 rings (SSSR count). The van der Waals surface area contributed by atoms with Crippen molar-refractivity contribution in [2.24, 2.45) is 5.73 Å². The Morgan fingerprint density at radius 3 is 2.36 bits per heavy atom. The molecule has 1 fully saturated rings. The van der Waals surface area contributed by atoms with Crippen LogP contribution in [0, 0.1) is 0 Å². The van der Waals surface area contributed by atoms with Crippen LogP contribution in [-0.4, -0.2) is 18.5 Å². The van der Waals surface area contributed by atoms with Gasteiger partial charge in [-0.3, -0.25) is 4.79 Å². The first-order chi connectivity index (χ1) is 5.22. The lowest BCUT2D eigenvalue weighted by molar-refractivity contribution is -0.119. The van der Waals surface area contributed by atoms with E-state index >= 15 is 0 Å². The minimum Gasteiger partial charge on any atom is -0.368 e. The van der Waals surface area contributed by atoms with Crippen molar-refractivity contribution < 1.29 is 4.79 Å². The maximum atomic E-state index is 10.4. The minimum atomic E-state index is -0.220. The molecule has 0 radical (unpaired) electrons. The summed E-state index contributed by atoms with van der Waals surface area (Å²) in [5.74, 6) is -0.220. The summed E-state index contributed by atoms with van der Waals surface area (Å²) in [7, 11) is 0. The highest BCUT2D eigenvalue weighted by Crippen LogP contribution is 2.02. The third-order valence-electron chi connectivity index (χ3n) is 1.40. The normalized spacial score (nSPS) is 22.2. The highest BCUT2D eigenvalue weighted by Gasteiger charge is 2.18. The standard InChI is InChI=1S/C5H10N2O.C3H8/c6-5(8)4-2-1-3-7-4;1-3-2/h4,7H,1-3H2,(H2,6,8);3H2,1-2H3. The van der Waals surface area contributed by atoms with Gasteiger partial charge in [0.05, 0.1) is 6.04 Å². The minimum absolute atomic E-state index is 0.0463. The van der Waals surface area contributed by atoms with Gasteiger partial charge in [-0.25, -0.2) is 0 Å². The van der Waals surface area contributed by atoms with E-state index in [1.54, 1.807) is 0 Å². The highest BCUT2D eigenvalue weighted by molar-refractivity contribution is 5.80. The zero-order valence-corrected chi connectivity index (χ0v) is 7.39. The molecule has 0 saturated carbocycles. The third-order valence-corrected chi connectivity index (χ3v) is 1.40. The van der Waals surface area contributed by atoms with Gasteiger partial charge in [-0.15, -0.1) is 0 Å². The second-order valence-electron chi connectivity index (χ2n) is 2.76. The molecule has 1 saturated heterocycles. The number of carbonyl (C=O) groups is 1. The van der Waals surface area contributed by atoms with Gasteiger partial charge in [0, 0.05) is 0 Å². The molecule has 0 aliphatic carbocycles. The van der Waals surface area contributed by atoms with Crippen LogP contribution in [0.2, 0.25) is 0 Å². The monoisotopic (exact) mass is 158 g/mol. The van der Waals surface area contributed by atoms with Crippen LogP contribution >= 0.6 is 0 Å². The van der Waals surface area contributed by atoms with E-state index in [0.29, 0.717) is 0 Å². The molecule has 1 amide bonds. The molecule has 0 spiro atoms. The number of hydrogen-bond acceptors (Lipinski definition) is 2. The van der Waals surface area contributed by atoms with Crippen LogP contribution in [0.25, 0.3) is 0 Å². The molecule has 3 nitrogen and oxygen atoms in total. The molecule has 1 aliphatic heterocycles. The third kappa shape index (κ3) is 4.79. The van der Waals surface area contributed by atoms with Crippen molar-refractivity contribution in [3.8, 4) is 0 Å². The van der Waals surface area contributed by atoms with Crippen molar-refractivity contribution in [1.29, 1.82) is 0 Å². The van der Waals surface area contributed by atoms with Gasteiger partial charge >= 0.3 is 0 Å². The van der Waals surface area contributed by atoms with Gasteiger partial charge in [-0.05, 0) is 19.4 Å². The Labute approximate surface area is 68.3 Å². The van der Waals surface area contributed by atoms with Gasteiger partial charge in [-0.1, -0.05) is 20.3 Å². The second-order valence-corrected chi connectivity index (χ2v) is 2.76. The first-order valence-corrected chi connectivity index (χ1v) is 4.25. The molecule has 1 atom stereocenters. The van der Waals surface area contributed by atoms with Gasteiger partial charge in [0.2, 0.25) is 5.91 Å². The molecule has 1 aliphatic rings. The predicted molar refractivity (Wildman–Crippen MR) is 46.2 cm³/mol. The van der Waals surface area contributed by atoms with Crippen LogP contribution in [0.5, 0.6) is 0 Å². The van der Waals surface area contributed by atoms with Gasteiger partial charge in [0.1, 0.15) is 0 Å². The molecule has 0 aromatic carbocycles. The van der Waals surface area contributed by atoms with Gasteiger partial charge in [0.25, 0.3) is 0 Å². The molecule has 0 aromatic rings. The van der Waals surface area contributed by atoms with Crippen LogP contribution < -0.4 is 11.1 Å². The smallest absolute Gasteiger partial charge is 0.234 e.